The van der Waals surface area contributed by atoms with Crippen LogP contribution in [-0.4, -0.2) is 49.9 Å². The molecule has 4 rings (SSSR count). The maximum Gasteiger partial charge on any atom is 0.131 e. The lowest BCUT2D eigenvalue weighted by Gasteiger charge is -2.18. The maximum atomic E-state index is 11.3. The summed E-state index contributed by atoms with van der Waals surface area (Å²) in [7, 11) is 0. The van der Waals surface area contributed by atoms with Crippen molar-refractivity contribution >= 4 is 44.7 Å². The molecule has 0 aliphatic carbocycles. The highest BCUT2D eigenvalue weighted by molar-refractivity contribution is 6.32. The monoisotopic (exact) mass is 530 g/mol. The van der Waals surface area contributed by atoms with Crippen LogP contribution in [0.1, 0.15) is 13.8 Å². The minimum Gasteiger partial charge on any atom is -0.507 e. The van der Waals surface area contributed by atoms with E-state index in [-0.39, 0.29) is 11.5 Å². The SMILES string of the molecule is CCOCCOc1cc(-c2cc(OCCOCC)c3cc(Cl)ccc3c2O)c(O)c2ccc(Cl)cc12. The number of hydrogen-bond donors (Lipinski definition) is 2. The van der Waals surface area contributed by atoms with E-state index in [1.807, 2.05) is 13.8 Å². The standard InChI is InChI=1S/C28H28Cl2O6/c1-3-33-9-11-35-25-15-23(27(31)19-7-5-17(29)13-21(19)25)24-16-26(36-12-10-34-4-2)22-14-18(30)6-8-20(22)28(24)32/h5-8,13-16,31-32H,3-4,9-12H2,1-2H3. The highest BCUT2D eigenvalue weighted by Gasteiger charge is 2.21. The number of fused-ring (bicyclic) bond motifs is 2. The summed E-state index contributed by atoms with van der Waals surface area (Å²) in [6.07, 6.45) is 0. The highest BCUT2D eigenvalue weighted by atomic mass is 35.5. The zero-order valence-electron chi connectivity index (χ0n) is 20.1. The molecule has 0 aliphatic heterocycles. The smallest absolute Gasteiger partial charge is 0.131 e. The number of aromatic hydroxyl groups is 2. The van der Waals surface area contributed by atoms with Crippen LogP contribution in [0.3, 0.4) is 0 Å². The molecule has 0 aliphatic rings. The Morgan fingerprint density at radius 1 is 0.583 bits per heavy atom. The molecule has 0 atom stereocenters. The fraction of sp³-hybridized carbons (Fsp3) is 0.286. The summed E-state index contributed by atoms with van der Waals surface area (Å²) >= 11 is 12.5. The molecule has 0 unspecified atom stereocenters. The molecule has 190 valence electrons. The summed E-state index contributed by atoms with van der Waals surface area (Å²) in [5.74, 6) is 0.995. The zero-order valence-corrected chi connectivity index (χ0v) is 21.7. The van der Waals surface area contributed by atoms with Crippen molar-refractivity contribution in [3.8, 4) is 34.1 Å². The Morgan fingerprint density at radius 3 is 1.39 bits per heavy atom. The molecule has 0 radical (unpaired) electrons. The quantitative estimate of drug-likeness (QED) is 0.199. The molecule has 0 saturated heterocycles. The van der Waals surface area contributed by atoms with Crippen LogP contribution in [0, 0.1) is 0 Å². The van der Waals surface area contributed by atoms with E-state index in [9.17, 15) is 10.2 Å². The van der Waals surface area contributed by atoms with Gasteiger partial charge in [0.15, 0.2) is 0 Å². The Balaban J connectivity index is 1.88. The molecule has 0 spiro atoms. The molecule has 8 heteroatoms. The van der Waals surface area contributed by atoms with E-state index in [0.717, 1.165) is 0 Å². The molecule has 6 nitrogen and oxygen atoms in total. The summed E-state index contributed by atoms with van der Waals surface area (Å²) in [4.78, 5) is 0. The van der Waals surface area contributed by atoms with Crippen LogP contribution < -0.4 is 9.47 Å². The summed E-state index contributed by atoms with van der Waals surface area (Å²) in [6, 6.07) is 13.7. The second-order valence-corrected chi connectivity index (χ2v) is 8.89. The molecule has 0 bridgehead atoms. The van der Waals surface area contributed by atoms with Gasteiger partial charge in [0.25, 0.3) is 0 Å². The summed E-state index contributed by atoms with van der Waals surface area (Å²) < 4.78 is 22.8. The van der Waals surface area contributed by atoms with Gasteiger partial charge in [0.2, 0.25) is 0 Å². The lowest BCUT2D eigenvalue weighted by molar-refractivity contribution is 0.110. The van der Waals surface area contributed by atoms with Gasteiger partial charge in [0.1, 0.15) is 36.2 Å². The molecule has 0 saturated carbocycles. The van der Waals surface area contributed by atoms with Crippen LogP contribution >= 0.6 is 23.2 Å². The average Bonchev–Trinajstić information content (AvgIpc) is 2.87. The number of ether oxygens (including phenoxy) is 4. The van der Waals surface area contributed by atoms with E-state index in [4.69, 9.17) is 42.1 Å². The topological polar surface area (TPSA) is 77.4 Å². The molecule has 0 amide bonds. The predicted molar refractivity (Wildman–Crippen MR) is 144 cm³/mol. The Bertz CT molecular complexity index is 1270. The van der Waals surface area contributed by atoms with Crippen molar-refractivity contribution in [1.82, 2.24) is 0 Å². The van der Waals surface area contributed by atoms with E-state index in [2.05, 4.69) is 0 Å². The van der Waals surface area contributed by atoms with E-state index in [1.165, 1.54) is 0 Å². The van der Waals surface area contributed by atoms with Crippen molar-refractivity contribution in [2.24, 2.45) is 0 Å². The molecule has 4 aromatic carbocycles. The van der Waals surface area contributed by atoms with Crippen molar-refractivity contribution in [3.63, 3.8) is 0 Å². The van der Waals surface area contributed by atoms with Crippen molar-refractivity contribution in [2.45, 2.75) is 13.8 Å². The lowest BCUT2D eigenvalue weighted by Crippen LogP contribution is -2.07. The zero-order chi connectivity index (χ0) is 25.7. The first kappa shape index (κ1) is 26.2. The fourth-order valence-corrected chi connectivity index (χ4v) is 4.40. The predicted octanol–water partition coefficient (Wildman–Crippen LogP) is 7.21. The average molecular weight is 531 g/mol. The van der Waals surface area contributed by atoms with Crippen molar-refractivity contribution in [1.29, 1.82) is 0 Å². The number of rotatable bonds is 11. The summed E-state index contributed by atoms with van der Waals surface area (Å²) in [5.41, 5.74) is 0.778. The molecular weight excluding hydrogens is 503 g/mol. The van der Waals surface area contributed by atoms with E-state index in [1.54, 1.807) is 48.5 Å². The van der Waals surface area contributed by atoms with Gasteiger partial charge in [-0.25, -0.2) is 0 Å². The van der Waals surface area contributed by atoms with Crippen LogP contribution in [0.4, 0.5) is 0 Å². The van der Waals surface area contributed by atoms with E-state index >= 15 is 0 Å². The third kappa shape index (κ3) is 5.57. The number of halogens is 2. The van der Waals surface area contributed by atoms with E-state index < -0.39 is 0 Å². The highest BCUT2D eigenvalue weighted by Crippen LogP contribution is 2.48. The molecule has 36 heavy (non-hydrogen) atoms. The first-order valence-corrected chi connectivity index (χ1v) is 12.5. The minimum atomic E-state index is -0.0114. The van der Waals surface area contributed by atoms with Gasteiger partial charge >= 0.3 is 0 Å². The Hall–Kier alpha value is -2.90. The minimum absolute atomic E-state index is 0.0114. The Kier molecular flexibility index (Phi) is 8.64. The van der Waals surface area contributed by atoms with Crippen molar-refractivity contribution in [3.05, 3.63) is 58.6 Å². The van der Waals surface area contributed by atoms with Crippen LogP contribution in [0.25, 0.3) is 32.7 Å². The molecule has 4 aromatic rings. The normalized spacial score (nSPS) is 11.3. The molecular formula is C28H28Cl2O6. The van der Waals surface area contributed by atoms with E-state index in [0.29, 0.717) is 93.9 Å². The Labute approximate surface area is 219 Å². The lowest BCUT2D eigenvalue weighted by atomic mass is 9.95. The molecule has 0 heterocycles. The van der Waals surface area contributed by atoms with Gasteiger partial charge in [0.05, 0.1) is 13.2 Å². The first-order chi connectivity index (χ1) is 17.4. The molecule has 0 fully saturated rings. The number of hydrogen-bond acceptors (Lipinski definition) is 6. The second kappa shape index (κ2) is 11.9. The molecule has 0 aromatic heterocycles. The third-order valence-electron chi connectivity index (χ3n) is 5.73. The number of phenols is 2. The largest absolute Gasteiger partial charge is 0.507 e. The van der Waals surface area contributed by atoms with Crippen molar-refractivity contribution in [2.75, 3.05) is 39.6 Å². The van der Waals surface area contributed by atoms with Gasteiger partial charge in [-0.2, -0.15) is 0 Å². The van der Waals surface area contributed by atoms with Crippen LogP contribution in [0.15, 0.2) is 48.5 Å². The van der Waals surface area contributed by atoms with Crippen LogP contribution in [0.2, 0.25) is 10.0 Å². The Morgan fingerprint density at radius 2 is 1.00 bits per heavy atom. The summed E-state index contributed by atoms with van der Waals surface area (Å²) in [5, 5.41) is 26.0. The molecule has 2 N–H and O–H groups in total. The van der Waals surface area contributed by atoms with Crippen molar-refractivity contribution < 1.29 is 29.2 Å². The maximum absolute atomic E-state index is 11.3. The van der Waals surface area contributed by atoms with Gasteiger partial charge in [-0.05, 0) is 62.4 Å². The second-order valence-electron chi connectivity index (χ2n) is 8.01. The fourth-order valence-electron chi connectivity index (χ4n) is 4.06. The third-order valence-corrected chi connectivity index (χ3v) is 6.20. The van der Waals surface area contributed by atoms with Gasteiger partial charge in [0, 0.05) is 55.9 Å². The van der Waals surface area contributed by atoms with Gasteiger partial charge in [-0.15, -0.1) is 0 Å². The van der Waals surface area contributed by atoms with Crippen LogP contribution in [-0.2, 0) is 9.47 Å². The number of phenolic OH excluding ortho intramolecular Hbond substituents is 2. The van der Waals surface area contributed by atoms with Gasteiger partial charge in [-0.1, -0.05) is 23.2 Å². The van der Waals surface area contributed by atoms with Gasteiger partial charge in [-0.3, -0.25) is 0 Å². The van der Waals surface area contributed by atoms with Crippen LogP contribution in [0.5, 0.6) is 23.0 Å². The summed E-state index contributed by atoms with van der Waals surface area (Å²) in [6.45, 7) is 6.44. The van der Waals surface area contributed by atoms with Gasteiger partial charge < -0.3 is 29.2 Å². The number of benzene rings is 4. The first-order valence-electron chi connectivity index (χ1n) is 11.8.